The van der Waals surface area contributed by atoms with Gasteiger partial charge >= 0.3 is 0 Å². The minimum absolute atomic E-state index is 0.536. The van der Waals surface area contributed by atoms with Crippen molar-refractivity contribution in [2.24, 2.45) is 0 Å². The smallest absolute Gasteiger partial charge is 0.227 e. The van der Waals surface area contributed by atoms with E-state index in [2.05, 4.69) is 26.3 Å². The lowest BCUT2D eigenvalue weighted by atomic mass is 10.0. The van der Waals surface area contributed by atoms with E-state index >= 15 is 0 Å². The van der Waals surface area contributed by atoms with Gasteiger partial charge in [0.05, 0.1) is 37.7 Å². The summed E-state index contributed by atoms with van der Waals surface area (Å²) >= 11 is 0. The second-order valence-corrected chi connectivity index (χ2v) is 7.30. The number of ether oxygens (including phenoxy) is 2. The summed E-state index contributed by atoms with van der Waals surface area (Å²) in [5.74, 6) is 2.32. The first-order valence-electron chi connectivity index (χ1n) is 10.3. The molecule has 0 amide bonds. The van der Waals surface area contributed by atoms with E-state index in [1.54, 1.807) is 7.11 Å². The summed E-state index contributed by atoms with van der Waals surface area (Å²) < 4.78 is 10.7. The van der Waals surface area contributed by atoms with Crippen molar-refractivity contribution in [3.63, 3.8) is 0 Å². The summed E-state index contributed by atoms with van der Waals surface area (Å²) in [7, 11) is 1.67. The first-order valence-corrected chi connectivity index (χ1v) is 10.3. The van der Waals surface area contributed by atoms with Gasteiger partial charge in [-0.25, -0.2) is 15.0 Å². The molecule has 0 aliphatic carbocycles. The van der Waals surface area contributed by atoms with Gasteiger partial charge in [-0.3, -0.25) is 0 Å². The summed E-state index contributed by atoms with van der Waals surface area (Å²) in [6.07, 6.45) is 3.65. The minimum atomic E-state index is 0.536. The summed E-state index contributed by atoms with van der Waals surface area (Å²) in [4.78, 5) is 16.1. The number of para-hydroxylation sites is 1. The maximum Gasteiger partial charge on any atom is 0.227 e. The van der Waals surface area contributed by atoms with Gasteiger partial charge in [-0.1, -0.05) is 30.3 Å². The zero-order chi connectivity index (χ0) is 21.0. The number of nitrogens with one attached hydrogen (secondary N) is 1. The molecule has 2 aromatic heterocycles. The molecule has 4 aromatic rings. The number of nitrogens with zero attached hydrogens (tertiary/aromatic N) is 4. The summed E-state index contributed by atoms with van der Waals surface area (Å²) in [6.45, 7) is 3.20. The highest BCUT2D eigenvalue weighted by Crippen LogP contribution is 2.29. The van der Waals surface area contributed by atoms with E-state index in [-0.39, 0.29) is 0 Å². The van der Waals surface area contributed by atoms with Crippen LogP contribution in [0.2, 0.25) is 0 Å². The van der Waals surface area contributed by atoms with Crippen molar-refractivity contribution in [2.45, 2.75) is 0 Å². The third kappa shape index (κ3) is 4.13. The third-order valence-electron chi connectivity index (χ3n) is 5.35. The van der Waals surface area contributed by atoms with Crippen LogP contribution in [0.3, 0.4) is 0 Å². The molecular formula is C24H23N5O2. The lowest BCUT2D eigenvalue weighted by Gasteiger charge is -2.27. The molecule has 7 heteroatoms. The molecule has 1 aliphatic heterocycles. The van der Waals surface area contributed by atoms with Gasteiger partial charge in [-0.05, 0) is 29.8 Å². The van der Waals surface area contributed by atoms with Crippen molar-refractivity contribution in [3.8, 4) is 16.9 Å². The quantitative estimate of drug-likeness (QED) is 0.523. The van der Waals surface area contributed by atoms with Crippen molar-refractivity contribution in [1.29, 1.82) is 0 Å². The fourth-order valence-corrected chi connectivity index (χ4v) is 3.69. The molecule has 1 saturated heterocycles. The molecule has 0 saturated carbocycles. The maximum absolute atomic E-state index is 5.41. The van der Waals surface area contributed by atoms with Gasteiger partial charge in [-0.15, -0.1) is 0 Å². The van der Waals surface area contributed by atoms with Gasteiger partial charge in [0.2, 0.25) is 5.95 Å². The second-order valence-electron chi connectivity index (χ2n) is 7.30. The highest BCUT2D eigenvalue weighted by atomic mass is 16.5. The van der Waals surface area contributed by atoms with Gasteiger partial charge < -0.3 is 19.7 Å². The van der Waals surface area contributed by atoms with E-state index in [0.29, 0.717) is 5.95 Å². The lowest BCUT2D eigenvalue weighted by molar-refractivity contribution is 0.122. The van der Waals surface area contributed by atoms with Crippen molar-refractivity contribution in [1.82, 2.24) is 15.0 Å². The molecule has 156 valence electrons. The summed E-state index contributed by atoms with van der Waals surface area (Å²) in [5.41, 5.74) is 3.86. The maximum atomic E-state index is 5.41. The number of fused-ring (bicyclic) bond motifs is 1. The van der Waals surface area contributed by atoms with Crippen LogP contribution < -0.4 is 15.0 Å². The standard InChI is InChI=1S/C24H23N5O2/c1-30-20-8-5-17(6-9-20)21-4-2-3-18-15-26-24(28-23(18)21)27-19-7-10-22(25-16-19)29-11-13-31-14-12-29/h2-10,15-16H,11-14H2,1H3,(H,26,27,28). The first-order chi connectivity index (χ1) is 15.3. The number of rotatable bonds is 5. The zero-order valence-electron chi connectivity index (χ0n) is 17.3. The molecule has 1 aliphatic rings. The fraction of sp³-hybridized carbons (Fsp3) is 0.208. The van der Waals surface area contributed by atoms with E-state index in [0.717, 1.165) is 65.6 Å². The van der Waals surface area contributed by atoms with Crippen LogP contribution in [0.4, 0.5) is 17.5 Å². The third-order valence-corrected chi connectivity index (χ3v) is 5.35. The molecule has 0 spiro atoms. The van der Waals surface area contributed by atoms with Gasteiger partial charge in [0.1, 0.15) is 11.6 Å². The van der Waals surface area contributed by atoms with E-state index in [1.165, 1.54) is 0 Å². The topological polar surface area (TPSA) is 72.4 Å². The molecule has 0 radical (unpaired) electrons. The molecule has 0 bridgehead atoms. The molecule has 2 aromatic carbocycles. The number of methoxy groups -OCH3 is 1. The Morgan fingerprint density at radius 1 is 0.935 bits per heavy atom. The number of anilines is 3. The number of hydrogen-bond donors (Lipinski definition) is 1. The Balaban J connectivity index is 1.41. The van der Waals surface area contributed by atoms with Gasteiger partial charge in [0, 0.05) is 30.2 Å². The van der Waals surface area contributed by atoms with Crippen molar-refractivity contribution in [3.05, 3.63) is 67.0 Å². The molecule has 3 heterocycles. The molecule has 1 fully saturated rings. The number of hydrogen-bond acceptors (Lipinski definition) is 7. The normalized spacial score (nSPS) is 13.9. The van der Waals surface area contributed by atoms with Crippen molar-refractivity contribution >= 4 is 28.4 Å². The van der Waals surface area contributed by atoms with E-state index in [4.69, 9.17) is 14.5 Å². The molecule has 31 heavy (non-hydrogen) atoms. The highest BCUT2D eigenvalue weighted by Gasteiger charge is 2.12. The van der Waals surface area contributed by atoms with Crippen LogP contribution in [-0.2, 0) is 4.74 Å². The van der Waals surface area contributed by atoms with Crippen LogP contribution in [0.15, 0.2) is 67.0 Å². The number of morpholine rings is 1. The average Bonchev–Trinajstić information content (AvgIpc) is 2.85. The summed E-state index contributed by atoms with van der Waals surface area (Å²) in [6, 6.07) is 18.1. The lowest BCUT2D eigenvalue weighted by Crippen LogP contribution is -2.36. The van der Waals surface area contributed by atoms with Crippen LogP contribution in [0.25, 0.3) is 22.0 Å². The van der Waals surface area contributed by atoms with Crippen LogP contribution in [0, 0.1) is 0 Å². The molecule has 0 atom stereocenters. The highest BCUT2D eigenvalue weighted by molar-refractivity contribution is 5.93. The Kier molecular flexibility index (Phi) is 5.33. The van der Waals surface area contributed by atoms with Crippen LogP contribution in [0.5, 0.6) is 5.75 Å². The SMILES string of the molecule is COc1ccc(-c2cccc3cnc(Nc4ccc(N5CCOCC5)nc4)nc23)cc1. The molecule has 1 N–H and O–H groups in total. The van der Waals surface area contributed by atoms with E-state index in [1.807, 2.05) is 60.9 Å². The Labute approximate surface area is 180 Å². The first kappa shape index (κ1) is 19.3. The van der Waals surface area contributed by atoms with E-state index in [9.17, 15) is 0 Å². The number of benzene rings is 2. The van der Waals surface area contributed by atoms with Gasteiger partial charge in [0.25, 0.3) is 0 Å². The number of aromatic nitrogens is 3. The monoisotopic (exact) mass is 413 g/mol. The van der Waals surface area contributed by atoms with Gasteiger partial charge in [0.15, 0.2) is 0 Å². The molecule has 5 rings (SSSR count). The minimum Gasteiger partial charge on any atom is -0.497 e. The zero-order valence-corrected chi connectivity index (χ0v) is 17.3. The van der Waals surface area contributed by atoms with Gasteiger partial charge in [-0.2, -0.15) is 0 Å². The Hall–Kier alpha value is -3.71. The second kappa shape index (κ2) is 8.57. The van der Waals surface area contributed by atoms with Crippen molar-refractivity contribution in [2.75, 3.05) is 43.6 Å². The Morgan fingerprint density at radius 3 is 2.52 bits per heavy atom. The average molecular weight is 413 g/mol. The predicted molar refractivity (Wildman–Crippen MR) is 122 cm³/mol. The number of pyridine rings is 1. The van der Waals surface area contributed by atoms with Crippen LogP contribution in [0.1, 0.15) is 0 Å². The molecule has 7 nitrogen and oxygen atoms in total. The fourth-order valence-electron chi connectivity index (χ4n) is 3.69. The summed E-state index contributed by atoms with van der Waals surface area (Å²) in [5, 5.41) is 4.26. The molecular weight excluding hydrogens is 390 g/mol. The Bertz CT molecular complexity index is 1170. The predicted octanol–water partition coefficient (Wildman–Crippen LogP) is 4.28. The van der Waals surface area contributed by atoms with Crippen LogP contribution >= 0.6 is 0 Å². The molecule has 0 unspecified atom stereocenters. The van der Waals surface area contributed by atoms with Crippen molar-refractivity contribution < 1.29 is 9.47 Å². The van der Waals surface area contributed by atoms with E-state index < -0.39 is 0 Å². The largest absolute Gasteiger partial charge is 0.497 e. The Morgan fingerprint density at radius 2 is 1.77 bits per heavy atom. The van der Waals surface area contributed by atoms with Crippen LogP contribution in [-0.4, -0.2) is 48.4 Å².